The van der Waals surface area contributed by atoms with Gasteiger partial charge in [-0.3, -0.25) is 4.79 Å². The summed E-state index contributed by atoms with van der Waals surface area (Å²) < 4.78 is 5.34. The summed E-state index contributed by atoms with van der Waals surface area (Å²) in [4.78, 5) is 22.3. The highest BCUT2D eigenvalue weighted by Crippen LogP contribution is 2.32. The van der Waals surface area contributed by atoms with Crippen molar-refractivity contribution < 1.29 is 19.4 Å². The Bertz CT molecular complexity index is 743. The fourth-order valence-corrected chi connectivity index (χ4v) is 2.58. The van der Waals surface area contributed by atoms with E-state index in [4.69, 9.17) is 21.4 Å². The summed E-state index contributed by atoms with van der Waals surface area (Å²) in [6.45, 7) is 1.30. The zero-order chi connectivity index (χ0) is 17.7. The molecular weight excluding hydrogens is 330 g/mol. The molecule has 0 aliphatic heterocycles. The van der Waals surface area contributed by atoms with Gasteiger partial charge in [0.15, 0.2) is 0 Å². The van der Waals surface area contributed by atoms with Gasteiger partial charge in [0.1, 0.15) is 11.8 Å². The first-order valence-electron chi connectivity index (χ1n) is 7.33. The summed E-state index contributed by atoms with van der Waals surface area (Å²) in [5, 5.41) is 12.2. The fourth-order valence-electron chi connectivity index (χ4n) is 2.41. The lowest BCUT2D eigenvalue weighted by atomic mass is 10.00. The van der Waals surface area contributed by atoms with Gasteiger partial charge in [-0.1, -0.05) is 35.9 Å². The molecule has 0 unspecified atom stereocenters. The van der Waals surface area contributed by atoms with E-state index < -0.39 is 12.0 Å². The van der Waals surface area contributed by atoms with E-state index in [2.05, 4.69) is 5.32 Å². The van der Waals surface area contributed by atoms with Crippen LogP contribution in [-0.2, 0) is 16.0 Å². The molecule has 0 saturated heterocycles. The summed E-state index contributed by atoms with van der Waals surface area (Å²) >= 11 is 6.05. The van der Waals surface area contributed by atoms with Gasteiger partial charge in [-0.15, -0.1) is 0 Å². The van der Waals surface area contributed by atoms with Crippen LogP contribution in [0.4, 0.5) is 0 Å². The van der Waals surface area contributed by atoms with Crippen LogP contribution in [0.5, 0.6) is 5.75 Å². The number of amides is 1. The minimum atomic E-state index is -1.06. The van der Waals surface area contributed by atoms with E-state index in [0.717, 1.165) is 16.7 Å². The zero-order valence-electron chi connectivity index (χ0n) is 13.4. The SMILES string of the molecule is COc1ccc(Cl)cc1-c1ccc(C[C@@H](NC(C)=O)C(=O)O)cc1. The van der Waals surface area contributed by atoms with Crippen LogP contribution in [0.1, 0.15) is 12.5 Å². The molecule has 0 saturated carbocycles. The van der Waals surface area contributed by atoms with Crippen molar-refractivity contribution in [3.8, 4) is 16.9 Å². The minimum Gasteiger partial charge on any atom is -0.496 e. The number of benzene rings is 2. The Kier molecular flexibility index (Phi) is 5.82. The summed E-state index contributed by atoms with van der Waals surface area (Å²) in [5.41, 5.74) is 2.57. The van der Waals surface area contributed by atoms with E-state index in [1.165, 1.54) is 6.92 Å². The maximum absolute atomic E-state index is 11.2. The van der Waals surface area contributed by atoms with Crippen LogP contribution in [0.15, 0.2) is 42.5 Å². The monoisotopic (exact) mass is 347 g/mol. The number of rotatable bonds is 6. The van der Waals surface area contributed by atoms with Crippen LogP contribution < -0.4 is 10.1 Å². The van der Waals surface area contributed by atoms with Crippen molar-refractivity contribution in [1.29, 1.82) is 0 Å². The summed E-state index contributed by atoms with van der Waals surface area (Å²) in [6.07, 6.45) is 0.210. The quantitative estimate of drug-likeness (QED) is 0.841. The van der Waals surface area contributed by atoms with Crippen LogP contribution >= 0.6 is 11.6 Å². The topological polar surface area (TPSA) is 75.6 Å². The molecule has 5 nitrogen and oxygen atoms in total. The number of carboxylic acids is 1. The van der Waals surface area contributed by atoms with Crippen molar-refractivity contribution in [1.82, 2.24) is 5.32 Å². The van der Waals surface area contributed by atoms with Crippen LogP contribution in [0.2, 0.25) is 5.02 Å². The number of aliphatic carboxylic acids is 1. The lowest BCUT2D eigenvalue weighted by Gasteiger charge is -2.14. The molecule has 126 valence electrons. The molecule has 2 aromatic carbocycles. The number of hydrogen-bond acceptors (Lipinski definition) is 3. The summed E-state index contributed by atoms with van der Waals surface area (Å²) in [6, 6.07) is 11.8. The predicted octanol–water partition coefficient (Wildman–Crippen LogP) is 3.15. The number of carboxylic acid groups (broad SMARTS) is 1. The largest absolute Gasteiger partial charge is 0.496 e. The Labute approximate surface area is 145 Å². The molecule has 24 heavy (non-hydrogen) atoms. The van der Waals surface area contributed by atoms with Crippen molar-refractivity contribution in [3.63, 3.8) is 0 Å². The first kappa shape index (κ1) is 17.8. The highest BCUT2D eigenvalue weighted by molar-refractivity contribution is 6.31. The third-order valence-corrected chi connectivity index (χ3v) is 3.78. The van der Waals surface area contributed by atoms with Gasteiger partial charge in [0.2, 0.25) is 5.91 Å². The highest BCUT2D eigenvalue weighted by atomic mass is 35.5. The number of nitrogens with one attached hydrogen (secondary N) is 1. The number of carbonyl (C=O) groups is 2. The van der Waals surface area contributed by atoms with Crippen LogP contribution in [0, 0.1) is 0 Å². The number of halogens is 1. The average Bonchev–Trinajstić information content (AvgIpc) is 2.54. The molecule has 0 aromatic heterocycles. The van der Waals surface area contributed by atoms with E-state index in [0.29, 0.717) is 10.8 Å². The second-order valence-electron chi connectivity index (χ2n) is 5.34. The van der Waals surface area contributed by atoms with Gasteiger partial charge in [-0.2, -0.15) is 0 Å². The Morgan fingerprint density at radius 1 is 1.21 bits per heavy atom. The van der Waals surface area contributed by atoms with Gasteiger partial charge in [-0.05, 0) is 29.3 Å². The maximum atomic E-state index is 11.2. The molecule has 0 radical (unpaired) electrons. The van der Waals surface area contributed by atoms with E-state index in [1.54, 1.807) is 19.2 Å². The molecule has 1 atom stereocenters. The van der Waals surface area contributed by atoms with E-state index in [9.17, 15) is 9.59 Å². The first-order chi connectivity index (χ1) is 11.4. The highest BCUT2D eigenvalue weighted by Gasteiger charge is 2.18. The van der Waals surface area contributed by atoms with Crippen molar-refractivity contribution in [2.75, 3.05) is 7.11 Å². The van der Waals surface area contributed by atoms with Gasteiger partial charge < -0.3 is 15.2 Å². The van der Waals surface area contributed by atoms with Crippen LogP contribution in [-0.4, -0.2) is 30.1 Å². The molecule has 1 amide bonds. The molecule has 0 heterocycles. The smallest absolute Gasteiger partial charge is 0.326 e. The van der Waals surface area contributed by atoms with Crippen LogP contribution in [0.3, 0.4) is 0 Å². The number of ether oxygens (including phenoxy) is 1. The van der Waals surface area contributed by atoms with Gasteiger partial charge in [-0.25, -0.2) is 4.79 Å². The third kappa shape index (κ3) is 4.49. The normalized spacial score (nSPS) is 11.6. The Morgan fingerprint density at radius 2 is 1.88 bits per heavy atom. The van der Waals surface area contributed by atoms with E-state index in [1.807, 2.05) is 30.3 Å². The summed E-state index contributed by atoms with van der Waals surface area (Å²) in [5.74, 6) is -0.734. The molecule has 0 fully saturated rings. The van der Waals surface area contributed by atoms with Crippen molar-refractivity contribution in [3.05, 3.63) is 53.1 Å². The predicted molar refractivity (Wildman–Crippen MR) is 92.4 cm³/mol. The third-order valence-electron chi connectivity index (χ3n) is 3.54. The van der Waals surface area contributed by atoms with Crippen molar-refractivity contribution in [2.45, 2.75) is 19.4 Å². The molecular formula is C18H18ClNO4. The lowest BCUT2D eigenvalue weighted by Crippen LogP contribution is -2.41. The molecule has 0 aliphatic rings. The first-order valence-corrected chi connectivity index (χ1v) is 7.71. The minimum absolute atomic E-state index is 0.210. The molecule has 6 heteroatoms. The average molecular weight is 348 g/mol. The van der Waals surface area contributed by atoms with Crippen LogP contribution in [0.25, 0.3) is 11.1 Å². The van der Waals surface area contributed by atoms with Crippen molar-refractivity contribution >= 4 is 23.5 Å². The second-order valence-corrected chi connectivity index (χ2v) is 5.77. The molecule has 0 spiro atoms. The molecule has 2 rings (SSSR count). The number of carbonyl (C=O) groups excluding carboxylic acids is 1. The van der Waals surface area contributed by atoms with Gasteiger partial charge in [0, 0.05) is 23.9 Å². The fraction of sp³-hybridized carbons (Fsp3) is 0.222. The van der Waals surface area contributed by atoms with Gasteiger partial charge in [0.05, 0.1) is 7.11 Å². The Balaban J connectivity index is 2.23. The van der Waals surface area contributed by atoms with E-state index >= 15 is 0 Å². The number of methoxy groups -OCH3 is 1. The lowest BCUT2D eigenvalue weighted by molar-refractivity contribution is -0.141. The molecule has 0 bridgehead atoms. The van der Waals surface area contributed by atoms with Crippen molar-refractivity contribution in [2.24, 2.45) is 0 Å². The zero-order valence-corrected chi connectivity index (χ0v) is 14.1. The standard InChI is InChI=1S/C18H18ClNO4/c1-11(21)20-16(18(22)23)9-12-3-5-13(6-4-12)15-10-14(19)7-8-17(15)24-2/h3-8,10,16H,9H2,1-2H3,(H,20,21)(H,22,23)/t16-/m1/s1. The Morgan fingerprint density at radius 3 is 2.42 bits per heavy atom. The van der Waals surface area contributed by atoms with Gasteiger partial charge >= 0.3 is 5.97 Å². The molecule has 2 N–H and O–H groups in total. The van der Waals surface area contributed by atoms with E-state index in [-0.39, 0.29) is 12.3 Å². The number of hydrogen-bond donors (Lipinski definition) is 2. The maximum Gasteiger partial charge on any atom is 0.326 e. The van der Waals surface area contributed by atoms with Gasteiger partial charge in [0.25, 0.3) is 0 Å². The molecule has 2 aromatic rings. The molecule has 0 aliphatic carbocycles. The summed E-state index contributed by atoms with van der Waals surface area (Å²) in [7, 11) is 1.59. The second kappa shape index (κ2) is 7.84. The Hall–Kier alpha value is -2.53.